The first kappa shape index (κ1) is 19.3. The number of aryl methyl sites for hydroxylation is 1. The summed E-state index contributed by atoms with van der Waals surface area (Å²) in [6, 6.07) is 25.3. The highest BCUT2D eigenvalue weighted by Gasteiger charge is 2.39. The maximum absolute atomic E-state index is 6.28. The van der Waals surface area contributed by atoms with E-state index in [1.807, 2.05) is 18.2 Å². The van der Waals surface area contributed by atoms with Crippen LogP contribution in [0.3, 0.4) is 0 Å². The molecular weight excluding hydrogens is 421 g/mol. The van der Waals surface area contributed by atoms with Gasteiger partial charge in [-0.05, 0) is 59.7 Å². The summed E-state index contributed by atoms with van der Waals surface area (Å²) in [5.74, 6) is 3.79. The molecule has 0 bridgehead atoms. The van der Waals surface area contributed by atoms with E-state index in [4.69, 9.17) is 9.47 Å². The zero-order valence-corrected chi connectivity index (χ0v) is 19.3. The first-order chi connectivity index (χ1) is 16.6. The molecule has 0 radical (unpaired) electrons. The number of rotatable bonds is 2. The number of methoxy groups -OCH3 is 1. The van der Waals surface area contributed by atoms with Crippen LogP contribution in [0.5, 0.6) is 17.2 Å². The maximum Gasteiger partial charge on any atom is 0.287 e. The fourth-order valence-corrected chi connectivity index (χ4v) is 5.60. The number of aromatic nitrogens is 2. The number of para-hydroxylation sites is 1. The number of nitrogens with one attached hydrogen (secondary N) is 2. The SMILES string of the molecule is COc1cccc(-c2[nH]c3cc4c(cc3[n+]2C)Nc2cccc3c2B4c2ccccc2O3)c1C. The summed E-state index contributed by atoms with van der Waals surface area (Å²) in [6.07, 6.45) is 0. The van der Waals surface area contributed by atoms with Crippen molar-refractivity contribution in [2.75, 3.05) is 12.4 Å². The Morgan fingerprint density at radius 3 is 2.59 bits per heavy atom. The normalized spacial score (nSPS) is 13.0. The van der Waals surface area contributed by atoms with Gasteiger partial charge in [0.05, 0.1) is 19.7 Å². The quantitative estimate of drug-likeness (QED) is 0.316. The summed E-state index contributed by atoms with van der Waals surface area (Å²) in [4.78, 5) is 3.70. The van der Waals surface area contributed by atoms with Gasteiger partial charge < -0.3 is 14.8 Å². The van der Waals surface area contributed by atoms with Crippen LogP contribution in [0.25, 0.3) is 22.4 Å². The van der Waals surface area contributed by atoms with E-state index in [0.717, 1.165) is 56.6 Å². The minimum Gasteiger partial charge on any atom is -0.496 e. The van der Waals surface area contributed by atoms with Crippen molar-refractivity contribution in [3.05, 3.63) is 78.4 Å². The molecule has 2 aliphatic heterocycles. The molecule has 6 heteroatoms. The number of aromatic amines is 1. The van der Waals surface area contributed by atoms with Crippen molar-refractivity contribution in [2.45, 2.75) is 6.92 Å². The van der Waals surface area contributed by atoms with Gasteiger partial charge in [-0.15, -0.1) is 0 Å². The number of ether oxygens (including phenoxy) is 2. The highest BCUT2D eigenvalue weighted by Crippen LogP contribution is 2.34. The van der Waals surface area contributed by atoms with Gasteiger partial charge in [-0.2, -0.15) is 0 Å². The Kier molecular flexibility index (Phi) is 3.92. The third-order valence-electron chi connectivity index (χ3n) is 7.26. The number of hydrogen-bond donors (Lipinski definition) is 2. The molecule has 0 fully saturated rings. The predicted molar refractivity (Wildman–Crippen MR) is 137 cm³/mol. The predicted octanol–water partition coefficient (Wildman–Crippen LogP) is 3.66. The number of benzene rings is 4. The lowest BCUT2D eigenvalue weighted by molar-refractivity contribution is -0.633. The number of nitrogens with zero attached hydrogens (tertiary/aromatic N) is 1. The van der Waals surface area contributed by atoms with Gasteiger partial charge in [0.25, 0.3) is 12.5 Å². The van der Waals surface area contributed by atoms with E-state index in [1.54, 1.807) is 7.11 Å². The van der Waals surface area contributed by atoms with E-state index in [-0.39, 0.29) is 6.71 Å². The van der Waals surface area contributed by atoms with Crippen molar-refractivity contribution >= 4 is 45.5 Å². The molecule has 0 amide bonds. The molecule has 0 atom stereocenters. The minimum absolute atomic E-state index is 0.118. The molecule has 2 N–H and O–H groups in total. The molecule has 5 nitrogen and oxygen atoms in total. The minimum atomic E-state index is 0.118. The van der Waals surface area contributed by atoms with Gasteiger partial charge >= 0.3 is 0 Å². The molecule has 1 aromatic heterocycles. The first-order valence-corrected chi connectivity index (χ1v) is 11.5. The Morgan fingerprint density at radius 1 is 0.882 bits per heavy atom. The lowest BCUT2D eigenvalue weighted by atomic mass is 9.34. The molecule has 0 saturated heterocycles. The second kappa shape index (κ2) is 6.91. The standard InChI is InChI=1S/C28H22BN3O2/c1-16-17(8-6-12-24(16)33-3)28-31-22-14-19-21(15-23(22)32(28)2)30-20-10-7-13-26-27(20)29(19)18-9-4-5-11-25(18)34-26/h4-15,30H,1-3H3/p+1. The second-order valence-electron chi connectivity index (χ2n) is 9.04. The van der Waals surface area contributed by atoms with Crippen LogP contribution in [0.15, 0.2) is 72.8 Å². The van der Waals surface area contributed by atoms with E-state index in [2.05, 4.69) is 83.4 Å². The molecule has 4 aromatic carbocycles. The number of fused-ring (bicyclic) bond motifs is 5. The van der Waals surface area contributed by atoms with Gasteiger partial charge in [0.1, 0.15) is 17.2 Å². The summed E-state index contributed by atoms with van der Waals surface area (Å²) in [5.41, 5.74) is 10.4. The molecule has 7 rings (SSSR count). The van der Waals surface area contributed by atoms with Gasteiger partial charge in [-0.25, -0.2) is 9.55 Å². The van der Waals surface area contributed by atoms with Crippen LogP contribution >= 0.6 is 0 Å². The number of H-pyrrole nitrogens is 1. The van der Waals surface area contributed by atoms with Crippen molar-refractivity contribution in [1.29, 1.82) is 0 Å². The van der Waals surface area contributed by atoms with Gasteiger partial charge in [0.15, 0.2) is 11.0 Å². The lowest BCUT2D eigenvalue weighted by Gasteiger charge is -2.33. The molecule has 0 aliphatic carbocycles. The number of imidazole rings is 1. The van der Waals surface area contributed by atoms with Crippen molar-refractivity contribution < 1.29 is 14.0 Å². The van der Waals surface area contributed by atoms with Crippen LogP contribution < -0.4 is 35.7 Å². The number of hydrogen-bond acceptors (Lipinski definition) is 3. The Hall–Kier alpha value is -4.19. The Balaban J connectivity index is 1.47. The van der Waals surface area contributed by atoms with Crippen molar-refractivity contribution in [3.8, 4) is 28.6 Å². The van der Waals surface area contributed by atoms with Crippen molar-refractivity contribution in [2.24, 2.45) is 7.05 Å². The molecule has 164 valence electrons. The highest BCUT2D eigenvalue weighted by molar-refractivity contribution is 6.99. The largest absolute Gasteiger partial charge is 0.496 e. The van der Waals surface area contributed by atoms with E-state index in [0.29, 0.717) is 0 Å². The van der Waals surface area contributed by atoms with Gasteiger partial charge in [-0.1, -0.05) is 30.3 Å². The molecule has 5 aromatic rings. The summed E-state index contributed by atoms with van der Waals surface area (Å²) >= 11 is 0. The third kappa shape index (κ3) is 2.54. The molecular formula is C28H23BN3O2+. The van der Waals surface area contributed by atoms with Gasteiger partial charge in [-0.3, -0.25) is 0 Å². The van der Waals surface area contributed by atoms with Crippen LogP contribution in [-0.4, -0.2) is 18.8 Å². The smallest absolute Gasteiger partial charge is 0.287 e. The Morgan fingerprint density at radius 2 is 1.71 bits per heavy atom. The summed E-state index contributed by atoms with van der Waals surface area (Å²) < 4.78 is 14.1. The zero-order chi connectivity index (χ0) is 23.0. The van der Waals surface area contributed by atoms with Crippen LogP contribution in [0.1, 0.15) is 5.56 Å². The van der Waals surface area contributed by atoms with E-state index < -0.39 is 0 Å². The van der Waals surface area contributed by atoms with Gasteiger partial charge in [0.2, 0.25) is 0 Å². The van der Waals surface area contributed by atoms with Crippen LogP contribution in [0, 0.1) is 6.92 Å². The molecule has 0 unspecified atom stereocenters. The molecule has 34 heavy (non-hydrogen) atoms. The molecule has 0 spiro atoms. The van der Waals surface area contributed by atoms with E-state index in [9.17, 15) is 0 Å². The maximum atomic E-state index is 6.28. The third-order valence-corrected chi connectivity index (χ3v) is 7.26. The number of anilines is 2. The van der Waals surface area contributed by atoms with Crippen LogP contribution in [0.2, 0.25) is 0 Å². The molecule has 0 saturated carbocycles. The second-order valence-corrected chi connectivity index (χ2v) is 9.04. The fraction of sp³-hybridized carbons (Fsp3) is 0.107. The van der Waals surface area contributed by atoms with Crippen LogP contribution in [-0.2, 0) is 7.05 Å². The van der Waals surface area contributed by atoms with E-state index >= 15 is 0 Å². The zero-order valence-electron chi connectivity index (χ0n) is 19.3. The summed E-state index contributed by atoms with van der Waals surface area (Å²) in [7, 11) is 3.83. The fourth-order valence-electron chi connectivity index (χ4n) is 5.60. The average Bonchev–Trinajstić information content (AvgIpc) is 3.18. The monoisotopic (exact) mass is 444 g/mol. The first-order valence-electron chi connectivity index (χ1n) is 11.5. The molecule has 2 aliphatic rings. The van der Waals surface area contributed by atoms with Gasteiger partial charge in [0, 0.05) is 23.0 Å². The average molecular weight is 444 g/mol. The topological polar surface area (TPSA) is 50.2 Å². The van der Waals surface area contributed by atoms with Crippen molar-refractivity contribution in [1.82, 2.24) is 4.98 Å². The Labute approximate surface area is 198 Å². The van der Waals surface area contributed by atoms with E-state index in [1.165, 1.54) is 16.4 Å². The van der Waals surface area contributed by atoms with Crippen LogP contribution in [0.4, 0.5) is 11.4 Å². The summed E-state index contributed by atoms with van der Waals surface area (Å²) in [6.45, 7) is 2.22. The molecule has 3 heterocycles. The highest BCUT2D eigenvalue weighted by atomic mass is 16.5. The Bertz CT molecular complexity index is 1640. The summed E-state index contributed by atoms with van der Waals surface area (Å²) in [5, 5.41) is 3.68. The lowest BCUT2D eigenvalue weighted by Crippen LogP contribution is -2.58. The van der Waals surface area contributed by atoms with Crippen molar-refractivity contribution in [3.63, 3.8) is 0 Å².